The molecule has 7 heteroatoms. The SMILES string of the molecule is N[C@@H]1CCCC(C(=O)Cc2cc(-c3cccc(NCCN4CCCC4=O)c3)c(Cl)cn2)C1. The third-order valence-corrected chi connectivity index (χ3v) is 6.79. The van der Waals surface area contributed by atoms with E-state index in [1.165, 1.54) is 0 Å². The maximum Gasteiger partial charge on any atom is 0.222 e. The van der Waals surface area contributed by atoms with E-state index < -0.39 is 0 Å². The van der Waals surface area contributed by atoms with Crippen LogP contribution in [-0.4, -0.2) is 47.3 Å². The van der Waals surface area contributed by atoms with Crippen molar-refractivity contribution in [1.82, 2.24) is 9.88 Å². The Morgan fingerprint density at radius 3 is 2.91 bits per heavy atom. The molecule has 1 aliphatic carbocycles. The molecule has 1 aliphatic heterocycles. The second kappa shape index (κ2) is 10.5. The van der Waals surface area contributed by atoms with Crippen molar-refractivity contribution in [3.8, 4) is 11.1 Å². The average Bonchev–Trinajstić information content (AvgIpc) is 3.20. The molecule has 0 radical (unpaired) electrons. The number of carbonyl (C=O) groups is 2. The number of nitrogens with two attached hydrogens (primary N) is 1. The molecule has 1 amide bonds. The highest BCUT2D eigenvalue weighted by atomic mass is 35.5. The summed E-state index contributed by atoms with van der Waals surface area (Å²) < 4.78 is 0. The lowest BCUT2D eigenvalue weighted by molar-refractivity contribution is -0.127. The molecular weight excluding hydrogens is 424 g/mol. The smallest absolute Gasteiger partial charge is 0.222 e. The van der Waals surface area contributed by atoms with Crippen molar-refractivity contribution in [3.63, 3.8) is 0 Å². The molecule has 0 spiro atoms. The molecule has 2 heterocycles. The summed E-state index contributed by atoms with van der Waals surface area (Å²) in [5.74, 6) is 0.490. The lowest BCUT2D eigenvalue weighted by Gasteiger charge is -2.25. The normalized spacial score (nSPS) is 21.1. The first kappa shape index (κ1) is 22.7. The van der Waals surface area contributed by atoms with Crippen molar-refractivity contribution in [1.29, 1.82) is 0 Å². The summed E-state index contributed by atoms with van der Waals surface area (Å²) in [6.45, 7) is 2.25. The maximum absolute atomic E-state index is 12.8. The van der Waals surface area contributed by atoms with Crippen LogP contribution in [0.2, 0.25) is 5.02 Å². The molecule has 1 saturated carbocycles. The number of nitrogens with one attached hydrogen (secondary N) is 1. The minimum absolute atomic E-state index is 0.0368. The zero-order valence-corrected chi connectivity index (χ0v) is 19.1. The van der Waals surface area contributed by atoms with Crippen LogP contribution in [0.15, 0.2) is 36.5 Å². The van der Waals surface area contributed by atoms with Crippen molar-refractivity contribution in [2.45, 2.75) is 51.0 Å². The van der Waals surface area contributed by atoms with Crippen molar-refractivity contribution in [2.75, 3.05) is 25.0 Å². The fourth-order valence-corrected chi connectivity index (χ4v) is 4.93. The minimum atomic E-state index is 0.0368. The van der Waals surface area contributed by atoms with Crippen LogP contribution in [0.1, 0.15) is 44.2 Å². The third kappa shape index (κ3) is 5.67. The van der Waals surface area contributed by atoms with Crippen LogP contribution in [0.3, 0.4) is 0 Å². The third-order valence-electron chi connectivity index (χ3n) is 6.49. The number of hydrogen-bond donors (Lipinski definition) is 2. The molecule has 1 saturated heterocycles. The Hall–Kier alpha value is -2.44. The number of rotatable bonds is 8. The monoisotopic (exact) mass is 454 g/mol. The van der Waals surface area contributed by atoms with E-state index in [1.54, 1.807) is 6.20 Å². The first-order valence-electron chi connectivity index (χ1n) is 11.5. The lowest BCUT2D eigenvalue weighted by atomic mass is 9.82. The molecule has 6 nitrogen and oxygen atoms in total. The first-order valence-corrected chi connectivity index (χ1v) is 11.9. The molecule has 170 valence electrons. The van der Waals surface area contributed by atoms with E-state index in [4.69, 9.17) is 17.3 Å². The largest absolute Gasteiger partial charge is 0.383 e. The van der Waals surface area contributed by atoms with E-state index in [2.05, 4.69) is 10.3 Å². The highest BCUT2D eigenvalue weighted by Gasteiger charge is 2.25. The molecule has 4 rings (SSSR count). The van der Waals surface area contributed by atoms with Gasteiger partial charge in [-0.2, -0.15) is 0 Å². The molecule has 2 aromatic rings. The predicted octanol–water partition coefficient (Wildman–Crippen LogP) is 4.07. The number of pyridine rings is 1. The average molecular weight is 455 g/mol. The van der Waals surface area contributed by atoms with E-state index in [0.29, 0.717) is 31.0 Å². The Labute approximate surface area is 194 Å². The topological polar surface area (TPSA) is 88.3 Å². The van der Waals surface area contributed by atoms with Crippen molar-refractivity contribution >= 4 is 29.0 Å². The van der Waals surface area contributed by atoms with Gasteiger partial charge in [-0.3, -0.25) is 14.6 Å². The lowest BCUT2D eigenvalue weighted by Crippen LogP contribution is -2.32. The van der Waals surface area contributed by atoms with Gasteiger partial charge in [-0.1, -0.05) is 30.2 Å². The zero-order chi connectivity index (χ0) is 22.5. The van der Waals surface area contributed by atoms with E-state index >= 15 is 0 Å². The Morgan fingerprint density at radius 1 is 1.25 bits per heavy atom. The Bertz CT molecular complexity index is 980. The predicted molar refractivity (Wildman–Crippen MR) is 128 cm³/mol. The number of anilines is 1. The van der Waals surface area contributed by atoms with Crippen LogP contribution in [0.4, 0.5) is 5.69 Å². The molecule has 2 atom stereocenters. The molecule has 0 bridgehead atoms. The molecule has 1 aromatic carbocycles. The van der Waals surface area contributed by atoms with Crippen molar-refractivity contribution in [3.05, 3.63) is 47.2 Å². The number of halogens is 1. The van der Waals surface area contributed by atoms with E-state index in [9.17, 15) is 9.59 Å². The number of hydrogen-bond acceptors (Lipinski definition) is 5. The minimum Gasteiger partial charge on any atom is -0.383 e. The van der Waals surface area contributed by atoms with Gasteiger partial charge in [0, 0.05) is 67.6 Å². The van der Waals surface area contributed by atoms with E-state index in [1.807, 2.05) is 35.2 Å². The van der Waals surface area contributed by atoms with E-state index in [0.717, 1.165) is 61.2 Å². The number of carbonyl (C=O) groups excluding carboxylic acids is 2. The quantitative estimate of drug-likeness (QED) is 0.627. The van der Waals surface area contributed by atoms with Gasteiger partial charge in [-0.15, -0.1) is 0 Å². The van der Waals surface area contributed by atoms with Gasteiger partial charge in [-0.05, 0) is 49.4 Å². The number of likely N-dealkylation sites (tertiary alicyclic amines) is 1. The standard InChI is InChI=1S/C25H31ClN4O2/c26-23-16-29-21(15-24(31)18-5-1-6-19(27)12-18)14-22(23)17-4-2-7-20(13-17)28-9-11-30-10-3-8-25(30)32/h2,4,7,13-14,16,18-19,28H,1,3,5-6,8-12,15,27H2/t18?,19-/m1/s1. The van der Waals surface area contributed by atoms with Gasteiger partial charge in [-0.25, -0.2) is 0 Å². The van der Waals surface area contributed by atoms with Crippen LogP contribution in [0, 0.1) is 5.92 Å². The molecule has 3 N–H and O–H groups in total. The molecule has 32 heavy (non-hydrogen) atoms. The number of ketones is 1. The number of amides is 1. The van der Waals surface area contributed by atoms with Crippen LogP contribution in [0.25, 0.3) is 11.1 Å². The highest BCUT2D eigenvalue weighted by molar-refractivity contribution is 6.33. The molecule has 1 unspecified atom stereocenters. The van der Waals surface area contributed by atoms with Gasteiger partial charge in [0.25, 0.3) is 0 Å². The summed E-state index contributed by atoms with van der Waals surface area (Å²) in [7, 11) is 0. The number of nitrogens with zero attached hydrogens (tertiary/aromatic N) is 2. The van der Waals surface area contributed by atoms with Crippen LogP contribution in [-0.2, 0) is 16.0 Å². The van der Waals surface area contributed by atoms with Gasteiger partial charge < -0.3 is 16.0 Å². The van der Waals surface area contributed by atoms with Gasteiger partial charge >= 0.3 is 0 Å². The Balaban J connectivity index is 1.42. The fraction of sp³-hybridized carbons (Fsp3) is 0.480. The van der Waals surface area contributed by atoms with Gasteiger partial charge in [0.15, 0.2) is 0 Å². The van der Waals surface area contributed by atoms with Crippen molar-refractivity contribution < 1.29 is 9.59 Å². The number of benzene rings is 1. The number of aromatic nitrogens is 1. The van der Waals surface area contributed by atoms with Crippen LogP contribution >= 0.6 is 11.6 Å². The molecular formula is C25H31ClN4O2. The van der Waals surface area contributed by atoms with Gasteiger partial charge in [0.1, 0.15) is 5.78 Å². The summed E-state index contributed by atoms with van der Waals surface area (Å²) in [4.78, 5) is 30.9. The summed E-state index contributed by atoms with van der Waals surface area (Å²) >= 11 is 6.47. The Kier molecular flexibility index (Phi) is 7.43. The molecule has 2 aliphatic rings. The second-order valence-corrected chi connectivity index (χ2v) is 9.32. The first-order chi connectivity index (χ1) is 15.5. The van der Waals surface area contributed by atoms with Crippen LogP contribution < -0.4 is 11.1 Å². The molecule has 2 fully saturated rings. The zero-order valence-electron chi connectivity index (χ0n) is 18.4. The summed E-state index contributed by atoms with van der Waals surface area (Å²) in [5, 5.41) is 3.95. The second-order valence-electron chi connectivity index (χ2n) is 8.91. The fourth-order valence-electron chi connectivity index (χ4n) is 4.72. The number of Topliss-reactive ketones (excluding diaryl/α,β-unsaturated/α-hetero) is 1. The summed E-state index contributed by atoms with van der Waals surface area (Å²) in [6, 6.07) is 10.1. The summed E-state index contributed by atoms with van der Waals surface area (Å²) in [5.41, 5.74) is 9.59. The van der Waals surface area contributed by atoms with Crippen molar-refractivity contribution in [2.24, 2.45) is 11.7 Å². The highest BCUT2D eigenvalue weighted by Crippen LogP contribution is 2.31. The molecule has 1 aromatic heterocycles. The van der Waals surface area contributed by atoms with Gasteiger partial charge in [0.2, 0.25) is 5.91 Å². The Morgan fingerprint density at radius 2 is 2.12 bits per heavy atom. The van der Waals surface area contributed by atoms with E-state index in [-0.39, 0.29) is 23.7 Å². The van der Waals surface area contributed by atoms with Crippen LogP contribution in [0.5, 0.6) is 0 Å². The van der Waals surface area contributed by atoms with Gasteiger partial charge in [0.05, 0.1) is 5.02 Å². The summed E-state index contributed by atoms with van der Waals surface area (Å²) in [6.07, 6.45) is 7.27. The maximum atomic E-state index is 12.8.